The van der Waals surface area contributed by atoms with Crippen LogP contribution in [-0.2, 0) is 4.74 Å². The number of amides is 1. The normalized spacial score (nSPS) is 18.1. The highest BCUT2D eigenvalue weighted by Gasteiger charge is 2.33. The van der Waals surface area contributed by atoms with Crippen molar-refractivity contribution in [2.24, 2.45) is 0 Å². The number of nitrogen functional groups attached to an aromatic ring is 1. The van der Waals surface area contributed by atoms with E-state index < -0.39 is 22.9 Å². The fourth-order valence-corrected chi connectivity index (χ4v) is 2.41. The molecular weight excluding hydrogens is 318 g/mol. The lowest BCUT2D eigenvalue weighted by Gasteiger charge is -2.37. The molecule has 2 rings (SSSR count). The number of anilines is 2. The van der Waals surface area contributed by atoms with Crippen molar-refractivity contribution in [2.45, 2.75) is 6.23 Å². The number of likely N-dealkylation sites (N-methyl/N-ethyl adjacent to an activating group) is 1. The van der Waals surface area contributed by atoms with Gasteiger partial charge in [-0.25, -0.2) is 9.78 Å². The number of aromatic nitrogens is 1. The lowest BCUT2D eigenvalue weighted by atomic mass is 10.2. The Labute approximate surface area is 130 Å². The second-order valence-corrected chi connectivity index (χ2v) is 5.02. The van der Waals surface area contributed by atoms with Gasteiger partial charge in [0, 0.05) is 13.6 Å². The van der Waals surface area contributed by atoms with Crippen molar-refractivity contribution >= 4 is 34.9 Å². The van der Waals surface area contributed by atoms with Crippen LogP contribution in [0.3, 0.4) is 0 Å². The number of morpholine rings is 1. The molecule has 1 saturated heterocycles. The van der Waals surface area contributed by atoms with Crippen LogP contribution in [0.4, 0.5) is 22.0 Å². The van der Waals surface area contributed by atoms with Gasteiger partial charge in [0.05, 0.1) is 29.3 Å². The third-order valence-corrected chi connectivity index (χ3v) is 3.57. The zero-order chi connectivity index (χ0) is 16.4. The Balaban J connectivity index is 2.37. The van der Waals surface area contributed by atoms with Gasteiger partial charge < -0.3 is 20.5 Å². The first-order valence-electron chi connectivity index (χ1n) is 6.23. The summed E-state index contributed by atoms with van der Waals surface area (Å²) in [5.41, 5.74) is 5.29. The summed E-state index contributed by atoms with van der Waals surface area (Å²) in [5.74, 6) is -0.251. The summed E-state index contributed by atoms with van der Waals surface area (Å²) in [7, 11) is 1.35. The van der Waals surface area contributed by atoms with Crippen LogP contribution >= 0.6 is 11.6 Å². The molecule has 0 saturated carbocycles. The Morgan fingerprint density at radius 2 is 2.41 bits per heavy atom. The lowest BCUT2D eigenvalue weighted by molar-refractivity contribution is -0.383. The van der Waals surface area contributed by atoms with E-state index in [0.29, 0.717) is 6.54 Å². The van der Waals surface area contributed by atoms with Gasteiger partial charge in [-0.3, -0.25) is 15.0 Å². The average molecular weight is 332 g/mol. The third kappa shape index (κ3) is 2.97. The molecule has 0 aromatic carbocycles. The van der Waals surface area contributed by atoms with Gasteiger partial charge in [-0.1, -0.05) is 11.6 Å². The SMILES string of the molecule is CN(C(=O)O)C1CN(c2c(Cl)cnc(N)c2[N+](=O)[O-])CCO1. The number of hydrogen-bond donors (Lipinski definition) is 2. The number of rotatable bonds is 3. The highest BCUT2D eigenvalue weighted by Crippen LogP contribution is 2.39. The van der Waals surface area contributed by atoms with Crippen molar-refractivity contribution in [1.29, 1.82) is 0 Å². The molecule has 0 bridgehead atoms. The Morgan fingerprint density at radius 1 is 1.73 bits per heavy atom. The number of halogens is 1. The molecule has 1 aliphatic heterocycles. The van der Waals surface area contributed by atoms with Crippen molar-refractivity contribution in [1.82, 2.24) is 9.88 Å². The third-order valence-electron chi connectivity index (χ3n) is 3.29. The molecule has 1 amide bonds. The maximum absolute atomic E-state index is 11.2. The van der Waals surface area contributed by atoms with Gasteiger partial charge in [-0.15, -0.1) is 0 Å². The molecule has 1 fully saturated rings. The topological polar surface area (TPSA) is 135 Å². The van der Waals surface area contributed by atoms with E-state index in [1.54, 1.807) is 4.90 Å². The lowest BCUT2D eigenvalue weighted by Crippen LogP contribution is -2.51. The van der Waals surface area contributed by atoms with Crippen molar-refractivity contribution < 1.29 is 19.6 Å². The molecule has 22 heavy (non-hydrogen) atoms. The van der Waals surface area contributed by atoms with Crippen molar-refractivity contribution in [3.05, 3.63) is 21.3 Å². The maximum Gasteiger partial charge on any atom is 0.409 e. The van der Waals surface area contributed by atoms with E-state index in [2.05, 4.69) is 4.98 Å². The van der Waals surface area contributed by atoms with E-state index >= 15 is 0 Å². The number of hydrogen-bond acceptors (Lipinski definition) is 7. The first kappa shape index (κ1) is 16.0. The van der Waals surface area contributed by atoms with Gasteiger partial charge in [0.25, 0.3) is 0 Å². The maximum atomic E-state index is 11.2. The summed E-state index contributed by atoms with van der Waals surface area (Å²) in [6.07, 6.45) is -0.706. The Bertz CT molecular complexity index is 613. The van der Waals surface area contributed by atoms with Gasteiger partial charge in [-0.2, -0.15) is 0 Å². The van der Waals surface area contributed by atoms with E-state index in [-0.39, 0.29) is 29.7 Å². The largest absolute Gasteiger partial charge is 0.465 e. The van der Waals surface area contributed by atoms with E-state index in [1.807, 2.05) is 0 Å². The zero-order valence-corrected chi connectivity index (χ0v) is 12.4. The van der Waals surface area contributed by atoms with Crippen LogP contribution in [0.2, 0.25) is 5.02 Å². The van der Waals surface area contributed by atoms with Crippen LogP contribution in [0.1, 0.15) is 0 Å². The van der Waals surface area contributed by atoms with E-state index in [4.69, 9.17) is 27.2 Å². The molecule has 0 aliphatic carbocycles. The average Bonchev–Trinajstić information content (AvgIpc) is 2.48. The molecule has 0 spiro atoms. The fourth-order valence-electron chi connectivity index (χ4n) is 2.16. The monoisotopic (exact) mass is 331 g/mol. The first-order valence-corrected chi connectivity index (χ1v) is 6.61. The van der Waals surface area contributed by atoms with Gasteiger partial charge in [0.15, 0.2) is 6.23 Å². The summed E-state index contributed by atoms with van der Waals surface area (Å²) < 4.78 is 5.37. The van der Waals surface area contributed by atoms with Crippen molar-refractivity contribution in [3.8, 4) is 0 Å². The molecule has 120 valence electrons. The van der Waals surface area contributed by atoms with E-state index in [9.17, 15) is 14.9 Å². The summed E-state index contributed by atoms with van der Waals surface area (Å²) >= 11 is 6.03. The van der Waals surface area contributed by atoms with Crippen LogP contribution in [0, 0.1) is 10.1 Å². The van der Waals surface area contributed by atoms with Gasteiger partial charge in [0.2, 0.25) is 5.82 Å². The van der Waals surface area contributed by atoms with Crippen LogP contribution < -0.4 is 10.6 Å². The molecule has 1 aromatic rings. The summed E-state index contributed by atoms with van der Waals surface area (Å²) in [4.78, 5) is 27.8. The number of carbonyl (C=O) groups is 1. The van der Waals surface area contributed by atoms with Crippen molar-refractivity contribution in [2.75, 3.05) is 37.4 Å². The molecule has 10 nitrogen and oxygen atoms in total. The molecule has 0 radical (unpaired) electrons. The second kappa shape index (κ2) is 6.20. The van der Waals surface area contributed by atoms with Crippen LogP contribution in [-0.4, -0.2) is 59.0 Å². The number of nitro groups is 1. The minimum absolute atomic E-state index is 0.0690. The van der Waals surface area contributed by atoms with Gasteiger partial charge in [0.1, 0.15) is 5.69 Å². The predicted octanol–water partition coefficient (Wildman–Crippen LogP) is 0.998. The quantitative estimate of drug-likeness (QED) is 0.618. The molecule has 1 aromatic heterocycles. The minimum atomic E-state index is -1.17. The summed E-state index contributed by atoms with van der Waals surface area (Å²) in [6, 6.07) is 0. The van der Waals surface area contributed by atoms with Crippen LogP contribution in [0.25, 0.3) is 0 Å². The number of ether oxygens (including phenoxy) is 1. The standard InChI is InChI=1S/C11H14ClN5O5/c1-15(11(18)19)7-5-16(2-3-22-7)8-6(12)4-14-10(13)9(8)17(20)21/h4,7H,2-3,5H2,1H3,(H2,13,14)(H,18,19). The highest BCUT2D eigenvalue weighted by molar-refractivity contribution is 6.33. The molecule has 11 heteroatoms. The Hall–Kier alpha value is -2.33. The molecule has 3 N–H and O–H groups in total. The minimum Gasteiger partial charge on any atom is -0.465 e. The number of nitrogens with zero attached hydrogens (tertiary/aromatic N) is 4. The summed E-state index contributed by atoms with van der Waals surface area (Å²) in [5, 5.41) is 20.3. The Kier molecular flexibility index (Phi) is 4.52. The first-order chi connectivity index (χ1) is 10.3. The van der Waals surface area contributed by atoms with E-state index in [1.165, 1.54) is 13.2 Å². The van der Waals surface area contributed by atoms with Gasteiger partial charge >= 0.3 is 11.8 Å². The smallest absolute Gasteiger partial charge is 0.409 e. The Morgan fingerprint density at radius 3 is 3.00 bits per heavy atom. The molecule has 1 atom stereocenters. The highest BCUT2D eigenvalue weighted by atomic mass is 35.5. The predicted molar refractivity (Wildman–Crippen MR) is 78.1 cm³/mol. The number of pyridine rings is 1. The van der Waals surface area contributed by atoms with Crippen LogP contribution in [0.5, 0.6) is 0 Å². The van der Waals surface area contributed by atoms with Crippen LogP contribution in [0.15, 0.2) is 6.20 Å². The van der Waals surface area contributed by atoms with E-state index in [0.717, 1.165) is 4.90 Å². The van der Waals surface area contributed by atoms with Crippen molar-refractivity contribution in [3.63, 3.8) is 0 Å². The number of carboxylic acid groups (broad SMARTS) is 1. The summed E-state index contributed by atoms with van der Waals surface area (Å²) in [6.45, 7) is 0.596. The molecule has 2 heterocycles. The zero-order valence-electron chi connectivity index (χ0n) is 11.6. The fraction of sp³-hybridized carbons (Fsp3) is 0.455. The molecular formula is C11H14ClN5O5. The number of nitrogens with two attached hydrogens (primary N) is 1. The van der Waals surface area contributed by atoms with Gasteiger partial charge in [-0.05, 0) is 0 Å². The molecule has 1 unspecified atom stereocenters. The second-order valence-electron chi connectivity index (χ2n) is 4.61. The molecule has 1 aliphatic rings.